The highest BCUT2D eigenvalue weighted by atomic mass is 16.4. The molecule has 54 valence electrons. The zero-order valence-electron chi connectivity index (χ0n) is 5.71. The Morgan fingerprint density at radius 3 is 2.10 bits per heavy atom. The standard InChI is InChI=1S/C6H7NO3/c1-7(2)5(8)3-4-6(9)10/h1-2H3,(H,9,10). The van der Waals surface area contributed by atoms with Gasteiger partial charge in [-0.1, -0.05) is 0 Å². The molecule has 0 spiro atoms. The lowest BCUT2D eigenvalue weighted by atomic mass is 10.5. The fourth-order valence-electron chi connectivity index (χ4n) is 0.219. The molecule has 0 unspecified atom stereocenters. The van der Waals surface area contributed by atoms with Crippen molar-refractivity contribution in [2.45, 2.75) is 0 Å². The van der Waals surface area contributed by atoms with E-state index in [9.17, 15) is 9.59 Å². The van der Waals surface area contributed by atoms with Gasteiger partial charge in [-0.05, 0) is 0 Å². The first-order valence-electron chi connectivity index (χ1n) is 2.50. The van der Waals surface area contributed by atoms with Crippen molar-refractivity contribution in [3.8, 4) is 11.8 Å². The van der Waals surface area contributed by atoms with Crippen LogP contribution in [0.1, 0.15) is 0 Å². The normalized spacial score (nSPS) is 7.40. The van der Waals surface area contributed by atoms with Crippen LogP contribution >= 0.6 is 0 Å². The first-order valence-corrected chi connectivity index (χ1v) is 2.50. The Labute approximate surface area is 58.4 Å². The Balaban J connectivity index is 4.06. The summed E-state index contributed by atoms with van der Waals surface area (Å²) in [4.78, 5) is 21.5. The van der Waals surface area contributed by atoms with Gasteiger partial charge in [-0.15, -0.1) is 0 Å². The molecule has 0 aromatic rings. The molecule has 0 saturated carbocycles. The summed E-state index contributed by atoms with van der Waals surface area (Å²) in [5, 5.41) is 8.00. The van der Waals surface area contributed by atoms with Gasteiger partial charge in [-0.2, -0.15) is 0 Å². The van der Waals surface area contributed by atoms with Crippen LogP contribution in [0.2, 0.25) is 0 Å². The van der Waals surface area contributed by atoms with Crippen molar-refractivity contribution >= 4 is 11.9 Å². The molecule has 0 rings (SSSR count). The maximum atomic E-state index is 10.5. The highest BCUT2D eigenvalue weighted by Crippen LogP contribution is 1.73. The van der Waals surface area contributed by atoms with Crippen molar-refractivity contribution < 1.29 is 14.7 Å². The second-order valence-corrected chi connectivity index (χ2v) is 1.75. The number of aliphatic carboxylic acids is 1. The zero-order chi connectivity index (χ0) is 8.15. The molecule has 0 aromatic heterocycles. The molecule has 0 aliphatic rings. The average Bonchev–Trinajstić information content (AvgIpc) is 1.82. The number of hydrogen-bond acceptors (Lipinski definition) is 2. The van der Waals surface area contributed by atoms with Crippen molar-refractivity contribution in [3.63, 3.8) is 0 Å². The molecule has 4 heteroatoms. The summed E-state index contributed by atoms with van der Waals surface area (Å²) in [6.07, 6.45) is 0. The second kappa shape index (κ2) is 3.51. The zero-order valence-corrected chi connectivity index (χ0v) is 5.71. The minimum absolute atomic E-state index is 0.512. The van der Waals surface area contributed by atoms with Crippen molar-refractivity contribution in [1.29, 1.82) is 0 Å². The fraction of sp³-hybridized carbons (Fsp3) is 0.333. The molecule has 1 amide bonds. The Bertz CT molecular complexity index is 209. The van der Waals surface area contributed by atoms with E-state index in [-0.39, 0.29) is 0 Å². The Kier molecular flexibility index (Phi) is 2.98. The van der Waals surface area contributed by atoms with E-state index < -0.39 is 11.9 Å². The maximum Gasteiger partial charge on any atom is 0.382 e. The third-order valence-electron chi connectivity index (χ3n) is 0.683. The number of carbonyl (C=O) groups excluding carboxylic acids is 1. The lowest BCUT2D eigenvalue weighted by molar-refractivity contribution is -0.130. The molecule has 0 radical (unpaired) electrons. The molecule has 0 heterocycles. The summed E-state index contributed by atoms with van der Waals surface area (Å²) in [7, 11) is 3.00. The lowest BCUT2D eigenvalue weighted by Crippen LogP contribution is -2.19. The molecule has 0 aliphatic carbocycles. The van der Waals surface area contributed by atoms with Crippen LogP contribution in [0.25, 0.3) is 0 Å². The van der Waals surface area contributed by atoms with E-state index in [1.807, 2.05) is 5.92 Å². The van der Waals surface area contributed by atoms with Gasteiger partial charge < -0.3 is 10.0 Å². The molecule has 0 bridgehead atoms. The van der Waals surface area contributed by atoms with Crippen molar-refractivity contribution in [2.24, 2.45) is 0 Å². The fourth-order valence-corrected chi connectivity index (χ4v) is 0.219. The molecule has 0 aromatic carbocycles. The molecule has 0 atom stereocenters. The predicted octanol–water partition coefficient (Wildman–Crippen LogP) is -0.837. The predicted molar refractivity (Wildman–Crippen MR) is 34.1 cm³/mol. The van der Waals surface area contributed by atoms with E-state index in [2.05, 4.69) is 0 Å². The van der Waals surface area contributed by atoms with Gasteiger partial charge >= 0.3 is 5.97 Å². The first-order chi connectivity index (χ1) is 4.54. The van der Waals surface area contributed by atoms with Gasteiger partial charge in [0.2, 0.25) is 0 Å². The topological polar surface area (TPSA) is 57.6 Å². The van der Waals surface area contributed by atoms with Crippen LogP contribution in [0.3, 0.4) is 0 Å². The van der Waals surface area contributed by atoms with Crippen molar-refractivity contribution in [3.05, 3.63) is 0 Å². The summed E-state index contributed by atoms with van der Waals surface area (Å²) >= 11 is 0. The van der Waals surface area contributed by atoms with Crippen LogP contribution in [-0.2, 0) is 9.59 Å². The highest BCUT2D eigenvalue weighted by Gasteiger charge is 1.96. The minimum Gasteiger partial charge on any atom is -0.472 e. The van der Waals surface area contributed by atoms with Crippen molar-refractivity contribution in [2.75, 3.05) is 14.1 Å². The molecule has 0 aliphatic heterocycles. The third-order valence-corrected chi connectivity index (χ3v) is 0.683. The van der Waals surface area contributed by atoms with E-state index in [0.717, 1.165) is 0 Å². The highest BCUT2D eigenvalue weighted by molar-refractivity contribution is 5.99. The molecule has 10 heavy (non-hydrogen) atoms. The summed E-state index contributed by atoms with van der Waals surface area (Å²) < 4.78 is 0. The number of nitrogens with zero attached hydrogens (tertiary/aromatic N) is 1. The number of rotatable bonds is 0. The Morgan fingerprint density at radius 2 is 1.80 bits per heavy atom. The quantitative estimate of drug-likeness (QED) is 0.447. The van der Waals surface area contributed by atoms with Gasteiger partial charge in [0.1, 0.15) is 0 Å². The van der Waals surface area contributed by atoms with E-state index in [1.165, 1.54) is 19.0 Å². The number of hydrogen-bond donors (Lipinski definition) is 1. The van der Waals surface area contributed by atoms with Gasteiger partial charge in [-0.25, -0.2) is 4.79 Å². The van der Waals surface area contributed by atoms with Gasteiger partial charge in [0.25, 0.3) is 5.91 Å². The smallest absolute Gasteiger partial charge is 0.382 e. The molecule has 0 fully saturated rings. The molecular formula is C6H7NO3. The van der Waals surface area contributed by atoms with Crippen LogP contribution in [0.5, 0.6) is 0 Å². The monoisotopic (exact) mass is 141 g/mol. The maximum absolute atomic E-state index is 10.5. The minimum atomic E-state index is -1.30. The number of carboxylic acids is 1. The van der Waals surface area contributed by atoms with Crippen LogP contribution in [0.4, 0.5) is 0 Å². The molecule has 1 N–H and O–H groups in total. The van der Waals surface area contributed by atoms with E-state index >= 15 is 0 Å². The first kappa shape index (κ1) is 8.50. The van der Waals surface area contributed by atoms with E-state index in [0.29, 0.717) is 0 Å². The van der Waals surface area contributed by atoms with Gasteiger partial charge in [0.05, 0.1) is 0 Å². The van der Waals surface area contributed by atoms with Gasteiger partial charge in [0, 0.05) is 25.9 Å². The Hall–Kier alpha value is -1.50. The number of carboxylic acid groups (broad SMARTS) is 1. The summed E-state index contributed by atoms with van der Waals surface area (Å²) in [5.41, 5.74) is 0. The van der Waals surface area contributed by atoms with Crippen LogP contribution < -0.4 is 0 Å². The molecule has 4 nitrogen and oxygen atoms in total. The van der Waals surface area contributed by atoms with Gasteiger partial charge in [-0.3, -0.25) is 4.79 Å². The summed E-state index contributed by atoms with van der Waals surface area (Å²) in [6, 6.07) is 0. The second-order valence-electron chi connectivity index (χ2n) is 1.75. The van der Waals surface area contributed by atoms with Crippen LogP contribution in [0, 0.1) is 11.8 Å². The molecule has 0 saturated heterocycles. The van der Waals surface area contributed by atoms with Gasteiger partial charge in [0.15, 0.2) is 0 Å². The molecular weight excluding hydrogens is 134 g/mol. The summed E-state index contributed by atoms with van der Waals surface area (Å²) in [6.45, 7) is 0. The largest absolute Gasteiger partial charge is 0.472 e. The van der Waals surface area contributed by atoms with Crippen LogP contribution in [-0.4, -0.2) is 36.0 Å². The van der Waals surface area contributed by atoms with Crippen LogP contribution in [0.15, 0.2) is 0 Å². The number of amides is 1. The van der Waals surface area contributed by atoms with E-state index in [1.54, 1.807) is 5.92 Å². The summed E-state index contributed by atoms with van der Waals surface area (Å²) in [5.74, 6) is 1.81. The SMILES string of the molecule is CN(C)C(=O)C#CC(=O)O. The van der Waals surface area contributed by atoms with Crippen molar-refractivity contribution in [1.82, 2.24) is 4.90 Å². The number of carbonyl (C=O) groups is 2. The average molecular weight is 141 g/mol. The van der Waals surface area contributed by atoms with E-state index in [4.69, 9.17) is 5.11 Å². The Morgan fingerprint density at radius 1 is 1.30 bits per heavy atom. The third kappa shape index (κ3) is 3.50. The lowest BCUT2D eigenvalue weighted by Gasteiger charge is -2.01.